The van der Waals surface area contributed by atoms with Crippen LogP contribution in [0.3, 0.4) is 0 Å². The first-order valence-electron chi connectivity index (χ1n) is 5.93. The summed E-state index contributed by atoms with van der Waals surface area (Å²) in [4.78, 5) is 2.58. The quantitative estimate of drug-likeness (QED) is 0.815. The van der Waals surface area contributed by atoms with Crippen molar-refractivity contribution in [2.24, 2.45) is 5.92 Å². The Hall–Kier alpha value is -0.800. The fourth-order valence-corrected chi connectivity index (χ4v) is 2.54. The van der Waals surface area contributed by atoms with Gasteiger partial charge in [-0.25, -0.2) is 0 Å². The molecule has 1 aromatic rings. The van der Waals surface area contributed by atoms with Crippen molar-refractivity contribution in [3.63, 3.8) is 0 Å². The molecule has 1 N–H and O–H groups in total. The fourth-order valence-electron chi connectivity index (χ4n) is 2.54. The summed E-state index contributed by atoms with van der Waals surface area (Å²) in [6, 6.07) is 4.68. The van der Waals surface area contributed by atoms with Gasteiger partial charge < -0.3 is 9.73 Å². The lowest BCUT2D eigenvalue weighted by atomic mass is 10.1. The van der Waals surface area contributed by atoms with Gasteiger partial charge in [-0.1, -0.05) is 0 Å². The highest BCUT2D eigenvalue weighted by Gasteiger charge is 2.38. The Morgan fingerprint density at radius 2 is 2.13 bits per heavy atom. The minimum atomic E-state index is 0.544. The van der Waals surface area contributed by atoms with Crippen LogP contribution >= 0.6 is 0 Å². The van der Waals surface area contributed by atoms with E-state index in [9.17, 15) is 0 Å². The lowest BCUT2D eigenvalue weighted by Gasteiger charge is -2.33. The normalized spacial score (nSPS) is 25.3. The van der Waals surface area contributed by atoms with Gasteiger partial charge in [0, 0.05) is 26.2 Å². The summed E-state index contributed by atoms with van der Waals surface area (Å²) >= 11 is 0. The van der Waals surface area contributed by atoms with Crippen LogP contribution < -0.4 is 5.32 Å². The molecule has 82 valence electrons. The lowest BCUT2D eigenvalue weighted by Crippen LogP contribution is -2.45. The number of piperazine rings is 1. The van der Waals surface area contributed by atoms with Crippen molar-refractivity contribution in [1.29, 1.82) is 0 Å². The maximum atomic E-state index is 5.59. The molecule has 3 heteroatoms. The minimum absolute atomic E-state index is 0.544. The predicted octanol–water partition coefficient (Wildman–Crippen LogP) is 1.64. The maximum absolute atomic E-state index is 5.59. The third kappa shape index (κ3) is 1.94. The summed E-state index contributed by atoms with van der Waals surface area (Å²) in [5.74, 6) is 2.01. The summed E-state index contributed by atoms with van der Waals surface area (Å²) in [6.07, 6.45) is 4.54. The van der Waals surface area contributed by atoms with E-state index in [1.54, 1.807) is 6.26 Å². The molecule has 2 fully saturated rings. The Bertz CT molecular complexity index is 299. The number of nitrogens with zero attached hydrogens (tertiary/aromatic N) is 1. The topological polar surface area (TPSA) is 28.4 Å². The van der Waals surface area contributed by atoms with Crippen molar-refractivity contribution in [3.8, 4) is 0 Å². The molecule has 2 aliphatic rings. The molecule has 0 amide bonds. The van der Waals surface area contributed by atoms with Crippen LogP contribution in [0, 0.1) is 5.92 Å². The zero-order valence-electron chi connectivity index (χ0n) is 8.98. The van der Waals surface area contributed by atoms with Crippen LogP contribution in [0.2, 0.25) is 0 Å². The average molecular weight is 206 g/mol. The standard InChI is InChI=1S/C12H18N2O/c1-2-11(15-9-1)12(10-3-4-10)14-7-5-13-6-8-14/h1-2,9-10,12-13H,3-8H2/t12-/m1/s1. The van der Waals surface area contributed by atoms with E-state index >= 15 is 0 Å². The second kappa shape index (κ2) is 3.99. The highest BCUT2D eigenvalue weighted by molar-refractivity contribution is 5.09. The van der Waals surface area contributed by atoms with Gasteiger partial charge >= 0.3 is 0 Å². The largest absolute Gasteiger partial charge is 0.468 e. The molecule has 3 rings (SSSR count). The minimum Gasteiger partial charge on any atom is -0.468 e. The highest BCUT2D eigenvalue weighted by Crippen LogP contribution is 2.44. The molecule has 1 aliphatic carbocycles. The molecule has 0 aromatic carbocycles. The first-order chi connectivity index (χ1) is 7.45. The zero-order chi connectivity index (χ0) is 10.1. The van der Waals surface area contributed by atoms with Crippen molar-refractivity contribution >= 4 is 0 Å². The van der Waals surface area contributed by atoms with E-state index in [2.05, 4.69) is 16.3 Å². The Morgan fingerprint density at radius 1 is 1.33 bits per heavy atom. The molecule has 15 heavy (non-hydrogen) atoms. The van der Waals surface area contributed by atoms with Crippen LogP contribution in [-0.2, 0) is 0 Å². The number of furan rings is 1. The van der Waals surface area contributed by atoms with Gasteiger partial charge in [-0.05, 0) is 30.9 Å². The number of nitrogens with one attached hydrogen (secondary N) is 1. The number of hydrogen-bond acceptors (Lipinski definition) is 3. The molecule has 0 spiro atoms. The second-order valence-electron chi connectivity index (χ2n) is 4.58. The summed E-state index contributed by atoms with van der Waals surface area (Å²) in [5, 5.41) is 3.40. The average Bonchev–Trinajstić information content (AvgIpc) is 2.96. The van der Waals surface area contributed by atoms with Crippen LogP contribution in [0.4, 0.5) is 0 Å². The van der Waals surface area contributed by atoms with Crippen LogP contribution in [0.15, 0.2) is 22.8 Å². The summed E-state index contributed by atoms with van der Waals surface area (Å²) < 4.78 is 5.59. The maximum Gasteiger partial charge on any atom is 0.121 e. The highest BCUT2D eigenvalue weighted by atomic mass is 16.3. The summed E-state index contributed by atoms with van der Waals surface area (Å²) in [6.45, 7) is 4.54. The summed E-state index contributed by atoms with van der Waals surface area (Å²) in [5.41, 5.74) is 0. The third-order valence-electron chi connectivity index (χ3n) is 3.45. The zero-order valence-corrected chi connectivity index (χ0v) is 8.98. The second-order valence-corrected chi connectivity index (χ2v) is 4.58. The molecule has 3 nitrogen and oxygen atoms in total. The van der Waals surface area contributed by atoms with E-state index in [0.717, 1.165) is 32.1 Å². The van der Waals surface area contributed by atoms with E-state index < -0.39 is 0 Å². The monoisotopic (exact) mass is 206 g/mol. The number of rotatable bonds is 3. The van der Waals surface area contributed by atoms with Gasteiger partial charge in [-0.3, -0.25) is 4.90 Å². The van der Waals surface area contributed by atoms with Gasteiger partial charge in [-0.2, -0.15) is 0 Å². The van der Waals surface area contributed by atoms with Crippen molar-refractivity contribution in [2.75, 3.05) is 26.2 Å². The molecule has 1 aliphatic heterocycles. The molecule has 1 saturated heterocycles. The Kier molecular flexibility index (Phi) is 2.51. The fraction of sp³-hybridized carbons (Fsp3) is 0.667. The predicted molar refractivity (Wildman–Crippen MR) is 58.6 cm³/mol. The first kappa shape index (κ1) is 9.43. The molecular formula is C12H18N2O. The third-order valence-corrected chi connectivity index (χ3v) is 3.45. The van der Waals surface area contributed by atoms with Gasteiger partial charge in [0.2, 0.25) is 0 Å². The van der Waals surface area contributed by atoms with E-state index in [0.29, 0.717) is 6.04 Å². The molecular weight excluding hydrogens is 188 g/mol. The van der Waals surface area contributed by atoms with Crippen molar-refractivity contribution in [1.82, 2.24) is 10.2 Å². The molecule has 1 saturated carbocycles. The first-order valence-corrected chi connectivity index (χ1v) is 5.93. The van der Waals surface area contributed by atoms with Crippen molar-refractivity contribution < 1.29 is 4.42 Å². The Labute approximate surface area is 90.4 Å². The molecule has 2 heterocycles. The van der Waals surface area contributed by atoms with Gasteiger partial charge in [0.25, 0.3) is 0 Å². The lowest BCUT2D eigenvalue weighted by molar-refractivity contribution is 0.137. The van der Waals surface area contributed by atoms with Crippen LogP contribution in [0.1, 0.15) is 24.6 Å². The van der Waals surface area contributed by atoms with Crippen molar-refractivity contribution in [2.45, 2.75) is 18.9 Å². The van der Waals surface area contributed by atoms with E-state index in [1.165, 1.54) is 18.6 Å². The van der Waals surface area contributed by atoms with E-state index in [1.807, 2.05) is 6.07 Å². The van der Waals surface area contributed by atoms with Crippen molar-refractivity contribution in [3.05, 3.63) is 24.2 Å². The summed E-state index contributed by atoms with van der Waals surface area (Å²) in [7, 11) is 0. The molecule has 1 atom stereocenters. The molecule has 0 radical (unpaired) electrons. The Morgan fingerprint density at radius 3 is 2.73 bits per heavy atom. The Balaban J connectivity index is 1.77. The molecule has 0 bridgehead atoms. The molecule has 0 unspecified atom stereocenters. The van der Waals surface area contributed by atoms with Gasteiger partial charge in [-0.15, -0.1) is 0 Å². The van der Waals surface area contributed by atoms with E-state index in [4.69, 9.17) is 4.42 Å². The van der Waals surface area contributed by atoms with Gasteiger partial charge in [0.05, 0.1) is 12.3 Å². The number of hydrogen-bond donors (Lipinski definition) is 1. The SMILES string of the molecule is c1coc([C@@H](C2CC2)N2CCNCC2)c1. The van der Waals surface area contributed by atoms with Crippen LogP contribution in [-0.4, -0.2) is 31.1 Å². The van der Waals surface area contributed by atoms with Crippen LogP contribution in [0.5, 0.6) is 0 Å². The van der Waals surface area contributed by atoms with Crippen LogP contribution in [0.25, 0.3) is 0 Å². The molecule has 1 aromatic heterocycles. The van der Waals surface area contributed by atoms with Gasteiger partial charge in [0.15, 0.2) is 0 Å². The smallest absolute Gasteiger partial charge is 0.121 e. The van der Waals surface area contributed by atoms with Gasteiger partial charge in [0.1, 0.15) is 5.76 Å². The van der Waals surface area contributed by atoms with E-state index in [-0.39, 0.29) is 0 Å².